The van der Waals surface area contributed by atoms with Crippen molar-refractivity contribution in [2.45, 2.75) is 32.4 Å². The van der Waals surface area contributed by atoms with Gasteiger partial charge in [-0.1, -0.05) is 0 Å². The van der Waals surface area contributed by atoms with E-state index in [1.807, 2.05) is 6.26 Å². The van der Waals surface area contributed by atoms with Crippen molar-refractivity contribution in [1.29, 1.82) is 0 Å². The lowest BCUT2D eigenvalue weighted by Gasteiger charge is -2.24. The second-order valence-corrected chi connectivity index (χ2v) is 5.58. The van der Waals surface area contributed by atoms with Gasteiger partial charge in [0, 0.05) is 12.8 Å². The van der Waals surface area contributed by atoms with Crippen LogP contribution in [0.1, 0.15) is 20.8 Å². The summed E-state index contributed by atoms with van der Waals surface area (Å²) in [6.07, 6.45) is 1.24. The van der Waals surface area contributed by atoms with Gasteiger partial charge < -0.3 is 10.1 Å². The van der Waals surface area contributed by atoms with Crippen LogP contribution in [0, 0.1) is 0 Å². The number of alkyl carbamates (subject to hydrolysis) is 1. The van der Waals surface area contributed by atoms with Crippen LogP contribution in [-0.2, 0) is 14.4 Å². The number of hydroxylamine groups is 2. The Morgan fingerprint density at radius 1 is 1.39 bits per heavy atom. The number of amides is 2. The normalized spacial score (nSPS) is 12.8. The fourth-order valence-electron chi connectivity index (χ4n) is 1.10. The number of hydrogen-bond acceptors (Lipinski definition) is 5. The molecule has 0 spiro atoms. The maximum atomic E-state index is 11.9. The predicted molar refractivity (Wildman–Crippen MR) is 71.3 cm³/mol. The van der Waals surface area contributed by atoms with E-state index in [0.717, 1.165) is 5.06 Å². The Labute approximate surface area is 112 Å². The third kappa shape index (κ3) is 6.70. The fraction of sp³-hybridized carbons (Fsp3) is 0.818. The van der Waals surface area contributed by atoms with Crippen LogP contribution in [0.25, 0.3) is 0 Å². The highest BCUT2D eigenvalue weighted by molar-refractivity contribution is 7.98. The second-order valence-electron chi connectivity index (χ2n) is 4.67. The summed E-state index contributed by atoms with van der Waals surface area (Å²) in [6, 6.07) is -0.667. The zero-order valence-electron chi connectivity index (χ0n) is 11.8. The average molecular weight is 278 g/mol. The standard InChI is InChI=1S/C11H22N2O4S/c1-11(2,3)17-10(15)12-8(7-18-6)9(14)13(4)16-5/h8H,7H2,1-6H3,(H,12,15)/t8-/m0/s1. The van der Waals surface area contributed by atoms with E-state index in [1.165, 1.54) is 25.9 Å². The topological polar surface area (TPSA) is 67.9 Å². The molecule has 7 heteroatoms. The van der Waals surface area contributed by atoms with Crippen LogP contribution in [0.5, 0.6) is 0 Å². The molecule has 0 radical (unpaired) electrons. The quantitative estimate of drug-likeness (QED) is 0.767. The van der Waals surface area contributed by atoms with Crippen LogP contribution in [0.2, 0.25) is 0 Å². The van der Waals surface area contributed by atoms with Crippen molar-refractivity contribution >= 4 is 23.8 Å². The van der Waals surface area contributed by atoms with Gasteiger partial charge in [-0.25, -0.2) is 9.86 Å². The third-order valence-corrected chi connectivity index (χ3v) is 2.57. The van der Waals surface area contributed by atoms with Crippen molar-refractivity contribution in [2.24, 2.45) is 0 Å². The Bertz CT molecular complexity index is 291. The first kappa shape index (κ1) is 17.1. The minimum Gasteiger partial charge on any atom is -0.444 e. The molecule has 106 valence electrons. The van der Waals surface area contributed by atoms with E-state index in [1.54, 1.807) is 20.8 Å². The minimum atomic E-state index is -0.667. The molecule has 1 atom stereocenters. The number of thioether (sulfide) groups is 1. The number of nitrogens with zero attached hydrogens (tertiary/aromatic N) is 1. The Kier molecular flexibility index (Phi) is 7.08. The van der Waals surface area contributed by atoms with Gasteiger partial charge in [0.05, 0.1) is 7.11 Å². The van der Waals surface area contributed by atoms with Crippen molar-refractivity contribution in [3.63, 3.8) is 0 Å². The minimum absolute atomic E-state index is 0.322. The van der Waals surface area contributed by atoms with Gasteiger partial charge in [-0.15, -0.1) is 0 Å². The Hall–Kier alpha value is -0.950. The average Bonchev–Trinajstić information content (AvgIpc) is 2.23. The van der Waals surface area contributed by atoms with E-state index in [2.05, 4.69) is 5.32 Å². The van der Waals surface area contributed by atoms with Crippen molar-refractivity contribution in [3.05, 3.63) is 0 Å². The van der Waals surface area contributed by atoms with E-state index < -0.39 is 17.7 Å². The molecule has 0 aliphatic heterocycles. The van der Waals surface area contributed by atoms with Crippen molar-refractivity contribution in [2.75, 3.05) is 26.2 Å². The van der Waals surface area contributed by atoms with E-state index in [4.69, 9.17) is 9.57 Å². The molecular formula is C11H22N2O4S. The highest BCUT2D eigenvalue weighted by Gasteiger charge is 2.26. The molecule has 1 N–H and O–H groups in total. The van der Waals surface area contributed by atoms with E-state index in [0.29, 0.717) is 5.75 Å². The van der Waals surface area contributed by atoms with Crippen molar-refractivity contribution < 1.29 is 19.2 Å². The highest BCUT2D eigenvalue weighted by atomic mass is 32.2. The summed E-state index contributed by atoms with van der Waals surface area (Å²) in [4.78, 5) is 28.3. The first-order valence-corrected chi connectivity index (χ1v) is 6.90. The molecule has 0 unspecified atom stereocenters. The molecule has 0 aromatic carbocycles. The number of nitrogens with one attached hydrogen (secondary N) is 1. The Balaban J connectivity index is 4.53. The molecular weight excluding hydrogens is 256 g/mol. The number of carbonyl (C=O) groups excluding carboxylic acids is 2. The zero-order valence-corrected chi connectivity index (χ0v) is 12.6. The lowest BCUT2D eigenvalue weighted by molar-refractivity contribution is -0.170. The number of rotatable bonds is 5. The molecule has 0 saturated carbocycles. The molecule has 0 fully saturated rings. The lowest BCUT2D eigenvalue weighted by Crippen LogP contribution is -2.49. The van der Waals surface area contributed by atoms with Crippen LogP contribution in [0.3, 0.4) is 0 Å². The van der Waals surface area contributed by atoms with Gasteiger partial charge in [-0.2, -0.15) is 11.8 Å². The first-order valence-electron chi connectivity index (χ1n) is 5.51. The molecule has 0 aliphatic carbocycles. The van der Waals surface area contributed by atoms with E-state index >= 15 is 0 Å². The van der Waals surface area contributed by atoms with Gasteiger partial charge in [-0.3, -0.25) is 9.63 Å². The second kappa shape index (κ2) is 7.48. The molecule has 0 bridgehead atoms. The molecule has 0 heterocycles. The summed E-state index contributed by atoms with van der Waals surface area (Å²) in [5.74, 6) is 0.129. The zero-order chi connectivity index (χ0) is 14.3. The largest absolute Gasteiger partial charge is 0.444 e. The number of ether oxygens (including phenoxy) is 1. The monoisotopic (exact) mass is 278 g/mol. The van der Waals surface area contributed by atoms with Gasteiger partial charge in [0.15, 0.2) is 0 Å². The van der Waals surface area contributed by atoms with Gasteiger partial charge in [0.1, 0.15) is 11.6 Å². The van der Waals surface area contributed by atoms with Crippen LogP contribution >= 0.6 is 11.8 Å². The fourth-order valence-corrected chi connectivity index (χ4v) is 1.66. The predicted octanol–water partition coefficient (Wildman–Crippen LogP) is 1.26. The van der Waals surface area contributed by atoms with Crippen molar-refractivity contribution in [1.82, 2.24) is 10.4 Å². The molecule has 2 amide bonds. The molecule has 0 saturated heterocycles. The van der Waals surface area contributed by atoms with Gasteiger partial charge in [0.25, 0.3) is 5.91 Å². The summed E-state index contributed by atoms with van der Waals surface area (Å²) in [5, 5.41) is 3.62. The van der Waals surface area contributed by atoms with Crippen LogP contribution in [-0.4, -0.2) is 54.9 Å². The molecule has 6 nitrogen and oxygen atoms in total. The first-order chi connectivity index (χ1) is 8.21. The summed E-state index contributed by atoms with van der Waals surface area (Å²) in [6.45, 7) is 5.29. The molecule has 0 rings (SSSR count). The molecule has 18 heavy (non-hydrogen) atoms. The van der Waals surface area contributed by atoms with E-state index in [-0.39, 0.29) is 5.91 Å². The Morgan fingerprint density at radius 2 is 1.94 bits per heavy atom. The highest BCUT2D eigenvalue weighted by Crippen LogP contribution is 2.08. The number of hydrogen-bond donors (Lipinski definition) is 1. The van der Waals surface area contributed by atoms with E-state index in [9.17, 15) is 9.59 Å². The van der Waals surface area contributed by atoms with Crippen LogP contribution in [0.15, 0.2) is 0 Å². The SMILES string of the molecule is CON(C)C(=O)[C@H](CSC)NC(=O)OC(C)(C)C. The molecule has 0 aliphatic rings. The number of likely N-dealkylation sites (N-methyl/N-ethyl adjacent to an activating group) is 1. The van der Waals surface area contributed by atoms with Crippen LogP contribution < -0.4 is 5.32 Å². The Morgan fingerprint density at radius 3 is 2.33 bits per heavy atom. The summed E-state index contributed by atoms with van der Waals surface area (Å²) < 4.78 is 5.11. The summed E-state index contributed by atoms with van der Waals surface area (Å²) in [7, 11) is 2.88. The summed E-state index contributed by atoms with van der Waals surface area (Å²) >= 11 is 1.45. The maximum absolute atomic E-state index is 11.9. The molecule has 0 aromatic rings. The molecule has 0 aromatic heterocycles. The van der Waals surface area contributed by atoms with Crippen molar-refractivity contribution in [3.8, 4) is 0 Å². The van der Waals surface area contributed by atoms with Gasteiger partial charge in [-0.05, 0) is 27.0 Å². The van der Waals surface area contributed by atoms with Gasteiger partial charge >= 0.3 is 6.09 Å². The number of carbonyl (C=O) groups is 2. The third-order valence-electron chi connectivity index (χ3n) is 1.91. The smallest absolute Gasteiger partial charge is 0.408 e. The van der Waals surface area contributed by atoms with Gasteiger partial charge in [0.2, 0.25) is 0 Å². The van der Waals surface area contributed by atoms with Crippen LogP contribution in [0.4, 0.5) is 4.79 Å². The maximum Gasteiger partial charge on any atom is 0.408 e. The summed E-state index contributed by atoms with van der Waals surface area (Å²) in [5.41, 5.74) is -0.593. The lowest BCUT2D eigenvalue weighted by atomic mass is 10.2.